The molecular formula is C24H22F3N3OS. The van der Waals surface area contributed by atoms with Gasteiger partial charge in [-0.1, -0.05) is 54.6 Å². The lowest BCUT2D eigenvalue weighted by Crippen LogP contribution is -2.21. The maximum Gasteiger partial charge on any atom is 0.573 e. The summed E-state index contributed by atoms with van der Waals surface area (Å²) in [7, 11) is 0. The van der Waals surface area contributed by atoms with Gasteiger partial charge in [-0.15, -0.1) is 13.2 Å². The molecule has 0 saturated heterocycles. The first kappa shape index (κ1) is 22.3. The third kappa shape index (κ3) is 5.64. The van der Waals surface area contributed by atoms with Crippen LogP contribution in [-0.4, -0.2) is 17.3 Å². The fourth-order valence-electron chi connectivity index (χ4n) is 3.46. The van der Waals surface area contributed by atoms with E-state index in [2.05, 4.69) is 26.6 Å². The molecule has 3 aromatic carbocycles. The van der Waals surface area contributed by atoms with Gasteiger partial charge in [-0.3, -0.25) is 0 Å². The Bertz CT molecular complexity index is 1160. The highest BCUT2D eigenvalue weighted by atomic mass is 32.1. The lowest BCUT2D eigenvalue weighted by atomic mass is 10.0. The molecule has 4 aromatic rings. The molecule has 0 radical (unpaired) electrons. The van der Waals surface area contributed by atoms with Crippen molar-refractivity contribution >= 4 is 21.6 Å². The van der Waals surface area contributed by atoms with Gasteiger partial charge in [-0.2, -0.15) is 4.37 Å². The van der Waals surface area contributed by atoms with Crippen LogP contribution in [0.5, 0.6) is 5.75 Å². The Kier molecular flexibility index (Phi) is 6.74. The summed E-state index contributed by atoms with van der Waals surface area (Å²) in [5.74, 6) is -0.231. The molecule has 0 spiro atoms. The summed E-state index contributed by atoms with van der Waals surface area (Å²) in [6, 6.07) is 21.7. The highest BCUT2D eigenvalue weighted by molar-refractivity contribution is 7.13. The van der Waals surface area contributed by atoms with E-state index in [1.165, 1.54) is 23.7 Å². The predicted octanol–water partition coefficient (Wildman–Crippen LogP) is 6.04. The molecule has 1 unspecified atom stereocenters. The quantitative estimate of drug-likeness (QED) is 0.317. The summed E-state index contributed by atoms with van der Waals surface area (Å²) in [4.78, 5) is 0. The van der Waals surface area contributed by atoms with Crippen LogP contribution >= 0.6 is 11.5 Å². The van der Waals surface area contributed by atoms with Crippen LogP contribution in [0.25, 0.3) is 21.2 Å². The SMILES string of the molecule is NC(CCNCc1ccc(-c2ccc(OC(F)(F)F)cc2)cc1)c1nsc2ccccc12. The van der Waals surface area contributed by atoms with E-state index in [0.717, 1.165) is 45.4 Å². The average Bonchev–Trinajstić information content (AvgIpc) is 3.21. The Hall–Kier alpha value is -2.94. The molecular weight excluding hydrogens is 435 g/mol. The standard InChI is InChI=1S/C24H22F3N3OS/c25-24(26,27)31-19-11-9-18(10-12-19)17-7-5-16(6-8-17)15-29-14-13-21(28)23-20-3-1-2-4-22(20)32-30-23/h1-12,21,29H,13-15,28H2. The zero-order valence-corrected chi connectivity index (χ0v) is 17.9. The van der Waals surface area contributed by atoms with Crippen molar-refractivity contribution < 1.29 is 17.9 Å². The van der Waals surface area contributed by atoms with Crippen LogP contribution in [0.4, 0.5) is 13.2 Å². The van der Waals surface area contributed by atoms with E-state index in [4.69, 9.17) is 5.73 Å². The van der Waals surface area contributed by atoms with Gasteiger partial charge in [-0.25, -0.2) is 0 Å². The summed E-state index contributed by atoms with van der Waals surface area (Å²) >= 11 is 1.47. The molecule has 0 aliphatic carbocycles. The van der Waals surface area contributed by atoms with Crippen LogP contribution in [0, 0.1) is 0 Å². The maximum atomic E-state index is 12.3. The fraction of sp³-hybridized carbons (Fsp3) is 0.208. The lowest BCUT2D eigenvalue weighted by molar-refractivity contribution is -0.274. The number of ether oxygens (including phenoxy) is 1. The molecule has 32 heavy (non-hydrogen) atoms. The second-order valence-corrected chi connectivity index (χ2v) is 8.21. The predicted molar refractivity (Wildman–Crippen MR) is 121 cm³/mol. The third-order valence-electron chi connectivity index (χ3n) is 5.09. The van der Waals surface area contributed by atoms with E-state index in [0.29, 0.717) is 6.54 Å². The second kappa shape index (κ2) is 9.68. The van der Waals surface area contributed by atoms with Crippen molar-refractivity contribution in [1.82, 2.24) is 9.69 Å². The van der Waals surface area contributed by atoms with Crippen LogP contribution in [0.1, 0.15) is 23.7 Å². The largest absolute Gasteiger partial charge is 0.573 e. The topological polar surface area (TPSA) is 60.2 Å². The van der Waals surface area contributed by atoms with E-state index < -0.39 is 6.36 Å². The molecule has 1 aromatic heterocycles. The first-order valence-corrected chi connectivity index (χ1v) is 10.9. The van der Waals surface area contributed by atoms with E-state index in [-0.39, 0.29) is 11.8 Å². The number of hydrogen-bond acceptors (Lipinski definition) is 5. The minimum Gasteiger partial charge on any atom is -0.406 e. The number of halogens is 3. The Balaban J connectivity index is 1.27. The number of benzene rings is 3. The molecule has 0 aliphatic rings. The molecule has 0 aliphatic heterocycles. The van der Waals surface area contributed by atoms with Crippen LogP contribution in [0.15, 0.2) is 72.8 Å². The number of nitrogens with zero attached hydrogens (tertiary/aromatic N) is 1. The van der Waals surface area contributed by atoms with Gasteiger partial charge < -0.3 is 15.8 Å². The molecule has 4 rings (SSSR count). The van der Waals surface area contributed by atoms with Gasteiger partial charge in [0.25, 0.3) is 0 Å². The summed E-state index contributed by atoms with van der Waals surface area (Å²) < 4.78 is 46.4. The van der Waals surface area contributed by atoms with Crippen molar-refractivity contribution in [3.63, 3.8) is 0 Å². The van der Waals surface area contributed by atoms with E-state index in [1.807, 2.05) is 36.4 Å². The molecule has 0 bridgehead atoms. The highest BCUT2D eigenvalue weighted by Crippen LogP contribution is 2.28. The van der Waals surface area contributed by atoms with E-state index >= 15 is 0 Å². The van der Waals surface area contributed by atoms with Gasteiger partial charge in [0.05, 0.1) is 10.4 Å². The highest BCUT2D eigenvalue weighted by Gasteiger charge is 2.30. The third-order valence-corrected chi connectivity index (χ3v) is 5.93. The molecule has 166 valence electrons. The molecule has 1 heterocycles. The lowest BCUT2D eigenvalue weighted by Gasteiger charge is -2.11. The van der Waals surface area contributed by atoms with Crippen LogP contribution < -0.4 is 15.8 Å². The van der Waals surface area contributed by atoms with Gasteiger partial charge in [0.15, 0.2) is 0 Å². The summed E-state index contributed by atoms with van der Waals surface area (Å²) in [6.45, 7) is 1.46. The Morgan fingerprint density at radius 3 is 2.28 bits per heavy atom. The molecule has 8 heteroatoms. The Morgan fingerprint density at radius 1 is 0.938 bits per heavy atom. The molecule has 0 saturated carbocycles. The summed E-state index contributed by atoms with van der Waals surface area (Å²) in [6.07, 6.45) is -3.91. The molecule has 0 amide bonds. The number of nitrogens with one attached hydrogen (secondary N) is 1. The van der Waals surface area contributed by atoms with Crippen molar-refractivity contribution in [2.24, 2.45) is 5.73 Å². The normalized spacial score (nSPS) is 12.8. The maximum absolute atomic E-state index is 12.3. The number of alkyl halides is 3. The van der Waals surface area contributed by atoms with Gasteiger partial charge in [0, 0.05) is 18.0 Å². The smallest absolute Gasteiger partial charge is 0.406 e. The van der Waals surface area contributed by atoms with Gasteiger partial charge in [-0.05, 0) is 59.4 Å². The Morgan fingerprint density at radius 2 is 1.59 bits per heavy atom. The summed E-state index contributed by atoms with van der Waals surface area (Å²) in [5, 5.41) is 4.53. The zero-order chi connectivity index (χ0) is 22.6. The van der Waals surface area contributed by atoms with E-state index in [9.17, 15) is 13.2 Å². The van der Waals surface area contributed by atoms with Crippen molar-refractivity contribution in [3.8, 4) is 16.9 Å². The number of aromatic nitrogens is 1. The molecule has 0 fully saturated rings. The first-order valence-electron chi connectivity index (χ1n) is 10.1. The number of nitrogens with two attached hydrogens (primary N) is 1. The summed E-state index contributed by atoms with van der Waals surface area (Å²) in [5.41, 5.74) is 10.1. The van der Waals surface area contributed by atoms with Crippen molar-refractivity contribution in [1.29, 1.82) is 0 Å². The van der Waals surface area contributed by atoms with Crippen molar-refractivity contribution in [3.05, 3.63) is 84.1 Å². The monoisotopic (exact) mass is 457 g/mol. The van der Waals surface area contributed by atoms with Crippen LogP contribution in [0.2, 0.25) is 0 Å². The Labute approximate surface area is 188 Å². The van der Waals surface area contributed by atoms with Crippen LogP contribution in [0.3, 0.4) is 0 Å². The number of rotatable bonds is 8. The molecule has 3 N–H and O–H groups in total. The minimum absolute atomic E-state index is 0.120. The van der Waals surface area contributed by atoms with E-state index in [1.54, 1.807) is 12.1 Å². The second-order valence-electron chi connectivity index (χ2n) is 7.41. The molecule has 1 atom stereocenters. The van der Waals surface area contributed by atoms with Gasteiger partial charge in [0.1, 0.15) is 5.75 Å². The average molecular weight is 458 g/mol. The minimum atomic E-state index is -4.69. The number of hydrogen-bond donors (Lipinski definition) is 2. The van der Waals surface area contributed by atoms with Crippen molar-refractivity contribution in [2.75, 3.05) is 6.54 Å². The zero-order valence-electron chi connectivity index (χ0n) is 17.1. The van der Waals surface area contributed by atoms with Gasteiger partial charge in [0.2, 0.25) is 0 Å². The van der Waals surface area contributed by atoms with Crippen molar-refractivity contribution in [2.45, 2.75) is 25.4 Å². The van der Waals surface area contributed by atoms with Crippen LogP contribution in [-0.2, 0) is 6.54 Å². The first-order chi connectivity index (χ1) is 15.4. The van der Waals surface area contributed by atoms with Gasteiger partial charge >= 0.3 is 6.36 Å². The fourth-order valence-corrected chi connectivity index (χ4v) is 4.30. The number of fused-ring (bicyclic) bond motifs is 1. The molecule has 4 nitrogen and oxygen atoms in total.